The molecule has 0 radical (unpaired) electrons. The summed E-state index contributed by atoms with van der Waals surface area (Å²) in [4.78, 5) is 0. The van der Waals surface area contributed by atoms with Crippen molar-refractivity contribution in [2.45, 2.75) is 42.6 Å². The molecule has 2 fully saturated rings. The van der Waals surface area contributed by atoms with Crippen LogP contribution in [-0.4, -0.2) is 10.5 Å². The number of nitriles is 1. The van der Waals surface area contributed by atoms with Crippen molar-refractivity contribution < 1.29 is 0 Å². The molecule has 2 saturated heterocycles. The minimum absolute atomic E-state index is 0.831. The van der Waals surface area contributed by atoms with Gasteiger partial charge in [-0.05, 0) is 25.7 Å². The Labute approximate surface area is 77.8 Å². The predicted molar refractivity (Wildman–Crippen MR) is 51.9 cm³/mol. The van der Waals surface area contributed by atoms with Crippen molar-refractivity contribution in [1.29, 1.82) is 5.26 Å². The zero-order valence-corrected chi connectivity index (χ0v) is 7.94. The summed E-state index contributed by atoms with van der Waals surface area (Å²) >= 11 is 2.15. The van der Waals surface area contributed by atoms with E-state index in [0.29, 0.717) is 0 Å². The zero-order chi connectivity index (χ0) is 8.39. The zero-order valence-electron chi connectivity index (χ0n) is 7.12. The molecule has 2 unspecified atom stereocenters. The number of hydrogen-bond acceptors (Lipinski definition) is 2. The molecule has 2 heterocycles. The van der Waals surface area contributed by atoms with Gasteiger partial charge in [-0.1, -0.05) is 12.0 Å². The normalized spacial score (nSPS) is 34.1. The standard InChI is InChI=1S/C10H13NS/c11-5-4-8-6-9-2-1-3-10(7-8)12-9/h4,9-10H,1-3,6-7H2. The van der Waals surface area contributed by atoms with E-state index >= 15 is 0 Å². The van der Waals surface area contributed by atoms with Crippen molar-refractivity contribution >= 4 is 11.8 Å². The van der Waals surface area contributed by atoms with E-state index in [1.165, 1.54) is 37.7 Å². The molecule has 0 aliphatic carbocycles. The van der Waals surface area contributed by atoms with Gasteiger partial charge < -0.3 is 0 Å². The molecular weight excluding hydrogens is 166 g/mol. The second-order valence-corrected chi connectivity index (χ2v) is 5.26. The summed E-state index contributed by atoms with van der Waals surface area (Å²) in [5, 5.41) is 10.2. The molecule has 2 bridgehead atoms. The number of thioether (sulfide) groups is 1. The summed E-state index contributed by atoms with van der Waals surface area (Å²) in [6.07, 6.45) is 8.25. The van der Waals surface area contributed by atoms with E-state index in [1.807, 2.05) is 0 Å². The molecule has 0 aromatic heterocycles. The van der Waals surface area contributed by atoms with Gasteiger partial charge in [0.1, 0.15) is 0 Å². The number of nitrogens with zero attached hydrogens (tertiary/aromatic N) is 1. The van der Waals surface area contributed by atoms with Gasteiger partial charge in [0.05, 0.1) is 6.07 Å². The van der Waals surface area contributed by atoms with E-state index in [4.69, 9.17) is 5.26 Å². The largest absolute Gasteiger partial charge is 0.193 e. The van der Waals surface area contributed by atoms with Crippen LogP contribution in [0.15, 0.2) is 11.6 Å². The van der Waals surface area contributed by atoms with Crippen LogP contribution in [0.4, 0.5) is 0 Å². The lowest BCUT2D eigenvalue weighted by atomic mass is 9.94. The van der Waals surface area contributed by atoms with Crippen LogP contribution in [0, 0.1) is 11.3 Å². The minimum atomic E-state index is 0.831. The van der Waals surface area contributed by atoms with Crippen LogP contribution in [0.3, 0.4) is 0 Å². The maximum Gasteiger partial charge on any atom is 0.0911 e. The van der Waals surface area contributed by atoms with Crippen LogP contribution in [-0.2, 0) is 0 Å². The predicted octanol–water partition coefficient (Wildman–Crippen LogP) is 2.88. The summed E-state index contributed by atoms with van der Waals surface area (Å²) < 4.78 is 0. The van der Waals surface area contributed by atoms with Crippen LogP contribution < -0.4 is 0 Å². The Morgan fingerprint density at radius 3 is 2.58 bits per heavy atom. The fraction of sp³-hybridized carbons (Fsp3) is 0.700. The second kappa shape index (κ2) is 3.53. The Morgan fingerprint density at radius 1 is 1.33 bits per heavy atom. The smallest absolute Gasteiger partial charge is 0.0911 e. The first-order valence-corrected chi connectivity index (χ1v) is 5.56. The Kier molecular flexibility index (Phi) is 2.41. The SMILES string of the molecule is N#CC=C1CC2CCCC(C1)S2. The van der Waals surface area contributed by atoms with Crippen molar-refractivity contribution in [3.8, 4) is 6.07 Å². The van der Waals surface area contributed by atoms with Crippen molar-refractivity contribution in [3.05, 3.63) is 11.6 Å². The average Bonchev–Trinajstić information content (AvgIpc) is 2.04. The molecule has 2 aliphatic rings. The molecule has 64 valence electrons. The summed E-state index contributed by atoms with van der Waals surface area (Å²) in [6.45, 7) is 0. The highest BCUT2D eigenvalue weighted by molar-refractivity contribution is 8.00. The van der Waals surface area contributed by atoms with E-state index in [2.05, 4.69) is 17.8 Å². The maximum atomic E-state index is 8.55. The molecular formula is C10H13NS. The Hall–Kier alpha value is -0.420. The third kappa shape index (κ3) is 1.67. The summed E-state index contributed by atoms with van der Waals surface area (Å²) in [6, 6.07) is 2.16. The average molecular weight is 179 g/mol. The molecule has 0 amide bonds. The Bertz CT molecular complexity index is 225. The van der Waals surface area contributed by atoms with Crippen molar-refractivity contribution in [2.24, 2.45) is 0 Å². The maximum absolute atomic E-state index is 8.55. The number of allylic oxidation sites excluding steroid dienone is 2. The quantitative estimate of drug-likeness (QED) is 0.534. The Morgan fingerprint density at radius 2 is 2.00 bits per heavy atom. The van der Waals surface area contributed by atoms with Gasteiger partial charge in [-0.2, -0.15) is 17.0 Å². The summed E-state index contributed by atoms with van der Waals surface area (Å²) in [5.74, 6) is 0. The highest BCUT2D eigenvalue weighted by Crippen LogP contribution is 2.43. The minimum Gasteiger partial charge on any atom is -0.193 e. The third-order valence-corrected chi connectivity index (χ3v) is 4.26. The van der Waals surface area contributed by atoms with Crippen LogP contribution in [0.1, 0.15) is 32.1 Å². The van der Waals surface area contributed by atoms with E-state index in [0.717, 1.165) is 10.5 Å². The third-order valence-electron chi connectivity index (χ3n) is 2.69. The molecule has 0 aromatic rings. The highest BCUT2D eigenvalue weighted by atomic mass is 32.2. The van der Waals surface area contributed by atoms with Crippen LogP contribution in [0.5, 0.6) is 0 Å². The monoisotopic (exact) mass is 179 g/mol. The molecule has 0 aromatic carbocycles. The molecule has 2 atom stereocenters. The highest BCUT2D eigenvalue weighted by Gasteiger charge is 2.28. The van der Waals surface area contributed by atoms with Gasteiger partial charge in [-0.25, -0.2) is 0 Å². The van der Waals surface area contributed by atoms with Gasteiger partial charge in [-0.15, -0.1) is 0 Å². The first-order chi connectivity index (χ1) is 5.88. The lowest BCUT2D eigenvalue weighted by Gasteiger charge is -2.34. The van der Waals surface area contributed by atoms with Crippen LogP contribution in [0.2, 0.25) is 0 Å². The van der Waals surface area contributed by atoms with Gasteiger partial charge in [-0.3, -0.25) is 0 Å². The topological polar surface area (TPSA) is 23.8 Å². The molecule has 2 aliphatic heterocycles. The first kappa shape index (κ1) is 8.19. The Balaban J connectivity index is 2.06. The fourth-order valence-corrected chi connectivity index (χ4v) is 3.93. The molecule has 0 saturated carbocycles. The van der Waals surface area contributed by atoms with E-state index in [-0.39, 0.29) is 0 Å². The number of rotatable bonds is 0. The van der Waals surface area contributed by atoms with Crippen LogP contribution >= 0.6 is 11.8 Å². The molecule has 1 nitrogen and oxygen atoms in total. The molecule has 0 spiro atoms. The lowest BCUT2D eigenvalue weighted by Crippen LogP contribution is -2.24. The van der Waals surface area contributed by atoms with E-state index in [9.17, 15) is 0 Å². The van der Waals surface area contributed by atoms with Gasteiger partial charge in [0.15, 0.2) is 0 Å². The number of fused-ring (bicyclic) bond motifs is 2. The lowest BCUT2D eigenvalue weighted by molar-refractivity contribution is 0.554. The van der Waals surface area contributed by atoms with E-state index in [1.54, 1.807) is 6.08 Å². The van der Waals surface area contributed by atoms with Gasteiger partial charge in [0, 0.05) is 16.6 Å². The molecule has 2 rings (SSSR count). The second-order valence-electron chi connectivity index (χ2n) is 3.65. The van der Waals surface area contributed by atoms with Crippen molar-refractivity contribution in [3.63, 3.8) is 0 Å². The first-order valence-electron chi connectivity index (χ1n) is 4.61. The summed E-state index contributed by atoms with van der Waals surface area (Å²) in [7, 11) is 0. The molecule has 0 N–H and O–H groups in total. The van der Waals surface area contributed by atoms with Crippen molar-refractivity contribution in [1.82, 2.24) is 0 Å². The fourth-order valence-electron chi connectivity index (χ4n) is 2.16. The van der Waals surface area contributed by atoms with Crippen molar-refractivity contribution in [2.75, 3.05) is 0 Å². The van der Waals surface area contributed by atoms with Gasteiger partial charge >= 0.3 is 0 Å². The van der Waals surface area contributed by atoms with Gasteiger partial charge in [0.25, 0.3) is 0 Å². The molecule has 12 heavy (non-hydrogen) atoms. The molecule has 2 heteroatoms. The van der Waals surface area contributed by atoms with Gasteiger partial charge in [0.2, 0.25) is 0 Å². The number of hydrogen-bond donors (Lipinski definition) is 0. The summed E-state index contributed by atoms with van der Waals surface area (Å²) in [5.41, 5.74) is 1.39. The van der Waals surface area contributed by atoms with Crippen LogP contribution in [0.25, 0.3) is 0 Å². The van der Waals surface area contributed by atoms with E-state index < -0.39 is 0 Å².